The number of likely N-dealkylation sites (N-methyl/N-ethyl adjacent to an activating group) is 1. The molecule has 88 valence electrons. The lowest BCUT2D eigenvalue weighted by Gasteiger charge is -2.25. The van der Waals surface area contributed by atoms with E-state index in [1.165, 1.54) is 11.3 Å². The first-order valence-corrected chi connectivity index (χ1v) is 5.89. The molecule has 1 aromatic rings. The van der Waals surface area contributed by atoms with E-state index in [0.29, 0.717) is 6.04 Å². The predicted molar refractivity (Wildman–Crippen MR) is 67.2 cm³/mol. The fourth-order valence-corrected chi connectivity index (χ4v) is 2.19. The summed E-state index contributed by atoms with van der Waals surface area (Å²) < 4.78 is 5.29. The van der Waals surface area contributed by atoms with E-state index in [4.69, 9.17) is 4.74 Å². The van der Waals surface area contributed by atoms with Crippen molar-refractivity contribution in [2.24, 2.45) is 0 Å². The van der Waals surface area contributed by atoms with Gasteiger partial charge in [0, 0.05) is 37.4 Å². The average Bonchev–Trinajstić information content (AvgIpc) is 2.48. The maximum Gasteiger partial charge on any atom is 0.120 e. The number of nitrogens with zero attached hydrogens (tertiary/aromatic N) is 1. The zero-order valence-corrected chi connectivity index (χ0v) is 10.3. The fourth-order valence-electron chi connectivity index (χ4n) is 2.19. The highest BCUT2D eigenvalue weighted by atomic mass is 16.5. The minimum atomic E-state index is 0.526. The Hall–Kier alpha value is -1.22. The molecule has 16 heavy (non-hydrogen) atoms. The van der Waals surface area contributed by atoms with Crippen LogP contribution in [-0.2, 0) is 6.54 Å². The summed E-state index contributed by atoms with van der Waals surface area (Å²) in [5.74, 6) is 0.937. The van der Waals surface area contributed by atoms with E-state index in [0.717, 1.165) is 25.4 Å². The summed E-state index contributed by atoms with van der Waals surface area (Å²) in [5.41, 5.74) is 2.66. The van der Waals surface area contributed by atoms with Gasteiger partial charge < -0.3 is 15.0 Å². The lowest BCUT2D eigenvalue weighted by Crippen LogP contribution is -2.35. The molecular formula is C13H20N2O. The number of nitrogens with one attached hydrogen (secondary N) is 1. The molecule has 3 heteroatoms. The van der Waals surface area contributed by atoms with Gasteiger partial charge in [0.25, 0.3) is 0 Å². The summed E-state index contributed by atoms with van der Waals surface area (Å²) >= 11 is 0. The molecular weight excluding hydrogens is 200 g/mol. The highest BCUT2D eigenvalue weighted by molar-refractivity contribution is 5.58. The Kier molecular flexibility index (Phi) is 3.34. The van der Waals surface area contributed by atoms with Crippen LogP contribution >= 0.6 is 0 Å². The number of hydrogen-bond acceptors (Lipinski definition) is 3. The third kappa shape index (κ3) is 2.14. The maximum atomic E-state index is 5.29. The van der Waals surface area contributed by atoms with Gasteiger partial charge in [0.05, 0.1) is 7.11 Å². The molecule has 0 amide bonds. The first-order chi connectivity index (χ1) is 7.74. The summed E-state index contributed by atoms with van der Waals surface area (Å²) in [5, 5.41) is 3.52. The summed E-state index contributed by atoms with van der Waals surface area (Å²) in [4.78, 5) is 2.41. The van der Waals surface area contributed by atoms with Gasteiger partial charge in [0.2, 0.25) is 0 Å². The van der Waals surface area contributed by atoms with E-state index in [9.17, 15) is 0 Å². The molecule has 0 aliphatic carbocycles. The second-order valence-corrected chi connectivity index (χ2v) is 4.32. The number of anilines is 1. The van der Waals surface area contributed by atoms with Gasteiger partial charge >= 0.3 is 0 Å². The largest absolute Gasteiger partial charge is 0.497 e. The van der Waals surface area contributed by atoms with Crippen molar-refractivity contribution in [3.63, 3.8) is 0 Å². The molecule has 1 unspecified atom stereocenters. The van der Waals surface area contributed by atoms with Crippen LogP contribution in [0.5, 0.6) is 5.75 Å². The molecule has 1 aromatic carbocycles. The molecule has 0 radical (unpaired) electrons. The van der Waals surface area contributed by atoms with Crippen LogP contribution in [0.1, 0.15) is 19.4 Å². The molecule has 3 nitrogen and oxygen atoms in total. The van der Waals surface area contributed by atoms with E-state index in [2.05, 4.69) is 36.2 Å². The van der Waals surface area contributed by atoms with Crippen LogP contribution in [0.4, 0.5) is 5.69 Å². The molecule has 1 atom stereocenters. The van der Waals surface area contributed by atoms with Crippen LogP contribution in [0.15, 0.2) is 18.2 Å². The second kappa shape index (κ2) is 4.74. The van der Waals surface area contributed by atoms with E-state index < -0.39 is 0 Å². The van der Waals surface area contributed by atoms with E-state index in [-0.39, 0.29) is 0 Å². The summed E-state index contributed by atoms with van der Waals surface area (Å²) in [6.07, 6.45) is 0. The Morgan fingerprint density at radius 3 is 3.00 bits per heavy atom. The third-order valence-electron chi connectivity index (χ3n) is 3.15. The Morgan fingerprint density at radius 2 is 2.31 bits per heavy atom. The molecule has 0 aromatic heterocycles. The van der Waals surface area contributed by atoms with E-state index >= 15 is 0 Å². The number of rotatable bonds is 2. The van der Waals surface area contributed by atoms with Gasteiger partial charge in [-0.05, 0) is 25.5 Å². The van der Waals surface area contributed by atoms with Crippen LogP contribution in [0.25, 0.3) is 0 Å². The molecule has 1 N–H and O–H groups in total. The van der Waals surface area contributed by atoms with Gasteiger partial charge in [-0.1, -0.05) is 6.07 Å². The minimum Gasteiger partial charge on any atom is -0.497 e. The zero-order chi connectivity index (χ0) is 11.5. The smallest absolute Gasteiger partial charge is 0.120 e. The van der Waals surface area contributed by atoms with Crippen molar-refractivity contribution in [2.45, 2.75) is 26.4 Å². The normalized spacial score (nSPS) is 20.2. The monoisotopic (exact) mass is 220 g/mol. The Morgan fingerprint density at radius 1 is 1.50 bits per heavy atom. The van der Waals surface area contributed by atoms with E-state index in [1.54, 1.807) is 7.11 Å². The van der Waals surface area contributed by atoms with Crippen molar-refractivity contribution in [3.8, 4) is 5.75 Å². The topological polar surface area (TPSA) is 24.5 Å². The van der Waals surface area contributed by atoms with Gasteiger partial charge in [-0.15, -0.1) is 0 Å². The van der Waals surface area contributed by atoms with Gasteiger partial charge in [0.1, 0.15) is 5.75 Å². The van der Waals surface area contributed by atoms with Crippen molar-refractivity contribution in [3.05, 3.63) is 23.8 Å². The van der Waals surface area contributed by atoms with E-state index in [1.807, 2.05) is 6.07 Å². The standard InChI is InChI=1S/C13H20N2O/c1-4-15-9-10(2)14-8-11-5-6-12(16-3)7-13(11)15/h5-7,10,14H,4,8-9H2,1-3H3. The van der Waals surface area contributed by atoms with Crippen LogP contribution in [0.3, 0.4) is 0 Å². The highest BCUT2D eigenvalue weighted by Gasteiger charge is 2.18. The summed E-state index contributed by atoms with van der Waals surface area (Å²) in [6, 6.07) is 6.85. The molecule has 0 fully saturated rings. The predicted octanol–water partition coefficient (Wildman–Crippen LogP) is 2.01. The van der Waals surface area contributed by atoms with Crippen LogP contribution in [0.2, 0.25) is 0 Å². The third-order valence-corrected chi connectivity index (χ3v) is 3.15. The van der Waals surface area contributed by atoms with Gasteiger partial charge in [0.15, 0.2) is 0 Å². The quantitative estimate of drug-likeness (QED) is 0.825. The van der Waals surface area contributed by atoms with Crippen molar-refractivity contribution < 1.29 is 4.74 Å². The first kappa shape index (κ1) is 11.3. The van der Waals surface area contributed by atoms with Crippen LogP contribution in [-0.4, -0.2) is 26.2 Å². The second-order valence-electron chi connectivity index (χ2n) is 4.32. The Bertz CT molecular complexity index is 365. The van der Waals surface area contributed by atoms with Gasteiger partial charge in [-0.2, -0.15) is 0 Å². The molecule has 1 aliphatic heterocycles. The molecule has 0 spiro atoms. The Balaban J connectivity index is 2.37. The molecule has 0 saturated heterocycles. The fraction of sp³-hybridized carbons (Fsp3) is 0.538. The molecule has 0 saturated carbocycles. The number of hydrogen-bond donors (Lipinski definition) is 1. The molecule has 1 aliphatic rings. The van der Waals surface area contributed by atoms with Gasteiger partial charge in [-0.25, -0.2) is 0 Å². The number of fused-ring (bicyclic) bond motifs is 1. The number of ether oxygens (including phenoxy) is 1. The van der Waals surface area contributed by atoms with Crippen molar-refractivity contribution in [1.82, 2.24) is 5.32 Å². The van der Waals surface area contributed by atoms with Crippen LogP contribution < -0.4 is 15.0 Å². The summed E-state index contributed by atoms with van der Waals surface area (Å²) in [7, 11) is 1.72. The lowest BCUT2D eigenvalue weighted by atomic mass is 10.1. The summed E-state index contributed by atoms with van der Waals surface area (Å²) in [6.45, 7) is 7.45. The van der Waals surface area contributed by atoms with Crippen molar-refractivity contribution in [2.75, 3.05) is 25.1 Å². The van der Waals surface area contributed by atoms with Gasteiger partial charge in [-0.3, -0.25) is 0 Å². The minimum absolute atomic E-state index is 0.526. The van der Waals surface area contributed by atoms with Crippen LogP contribution in [0, 0.1) is 0 Å². The molecule has 0 bridgehead atoms. The molecule has 2 rings (SSSR count). The van der Waals surface area contributed by atoms with Crippen molar-refractivity contribution >= 4 is 5.69 Å². The SMILES string of the molecule is CCN1CC(C)NCc2ccc(OC)cc21. The Labute approximate surface area is 97.4 Å². The number of methoxy groups -OCH3 is 1. The maximum absolute atomic E-state index is 5.29. The highest BCUT2D eigenvalue weighted by Crippen LogP contribution is 2.28. The average molecular weight is 220 g/mol. The first-order valence-electron chi connectivity index (χ1n) is 5.89. The number of benzene rings is 1. The zero-order valence-electron chi connectivity index (χ0n) is 10.3. The molecule has 1 heterocycles. The lowest BCUT2D eigenvalue weighted by molar-refractivity contribution is 0.414. The van der Waals surface area contributed by atoms with Crippen molar-refractivity contribution in [1.29, 1.82) is 0 Å².